The fourth-order valence-corrected chi connectivity index (χ4v) is 4.08. The van der Waals surface area contributed by atoms with E-state index in [0.29, 0.717) is 29.9 Å². The third-order valence-corrected chi connectivity index (χ3v) is 5.37. The summed E-state index contributed by atoms with van der Waals surface area (Å²) < 4.78 is 11.2. The van der Waals surface area contributed by atoms with Crippen LogP contribution >= 0.6 is 22.6 Å². The van der Waals surface area contributed by atoms with Crippen molar-refractivity contribution in [3.8, 4) is 0 Å². The Bertz CT molecular complexity index is 839. The summed E-state index contributed by atoms with van der Waals surface area (Å²) in [6.07, 6.45) is 3.61. The number of carbonyl (C=O) groups excluding carboxylic acids is 2. The van der Waals surface area contributed by atoms with Crippen molar-refractivity contribution in [1.29, 1.82) is 0 Å². The van der Waals surface area contributed by atoms with Crippen LogP contribution in [0.25, 0.3) is 0 Å². The molecule has 1 aliphatic carbocycles. The third-order valence-electron chi connectivity index (χ3n) is 4.85. The molecule has 30 heavy (non-hydrogen) atoms. The van der Waals surface area contributed by atoms with Crippen molar-refractivity contribution >= 4 is 40.4 Å². The number of nitrogens with one attached hydrogen (secondary N) is 1. The van der Waals surface area contributed by atoms with Crippen molar-refractivity contribution < 1.29 is 19.1 Å². The van der Waals surface area contributed by atoms with Gasteiger partial charge in [0.15, 0.2) is 9.87 Å². The van der Waals surface area contributed by atoms with Gasteiger partial charge >= 0.3 is 12.1 Å². The minimum Gasteiger partial charge on any atom is -0.464 e. The van der Waals surface area contributed by atoms with Crippen molar-refractivity contribution in [2.75, 3.05) is 19.7 Å². The first kappa shape index (κ1) is 22.7. The quantitative estimate of drug-likeness (QED) is 0.261. The molecule has 2 unspecified atom stereocenters. The van der Waals surface area contributed by atoms with Crippen LogP contribution in [0.5, 0.6) is 0 Å². The van der Waals surface area contributed by atoms with Crippen molar-refractivity contribution in [1.82, 2.24) is 20.3 Å². The summed E-state index contributed by atoms with van der Waals surface area (Å²) in [7, 11) is 0. The molecule has 0 radical (unpaired) electrons. The molecule has 1 aliphatic heterocycles. The molecule has 0 fully saturated rings. The van der Waals surface area contributed by atoms with Gasteiger partial charge in [0.05, 0.1) is 18.0 Å². The van der Waals surface area contributed by atoms with E-state index >= 15 is 0 Å². The van der Waals surface area contributed by atoms with Crippen LogP contribution in [0.2, 0.25) is 0 Å². The topological polar surface area (TPSA) is 106 Å². The number of aryl methyl sites for hydroxylation is 1. The van der Waals surface area contributed by atoms with Gasteiger partial charge in [-0.25, -0.2) is 19.6 Å². The highest BCUT2D eigenvalue weighted by molar-refractivity contribution is 14.1. The van der Waals surface area contributed by atoms with E-state index in [2.05, 4.69) is 37.9 Å². The van der Waals surface area contributed by atoms with Gasteiger partial charge in [-0.3, -0.25) is 5.01 Å². The molecule has 0 saturated heterocycles. The smallest absolute Gasteiger partial charge is 0.407 e. The molecule has 0 saturated carbocycles. The number of esters is 1. The number of hydrogen-bond donors (Lipinski definition) is 1. The molecule has 1 N–H and O–H groups in total. The Kier molecular flexibility index (Phi) is 7.14. The number of fused-ring (bicyclic) bond motifs is 3. The summed E-state index contributed by atoms with van der Waals surface area (Å²) in [5, 5.41) is 9.30. The molecule has 0 spiro atoms. The Labute approximate surface area is 190 Å². The van der Waals surface area contributed by atoms with Crippen LogP contribution in [-0.2, 0) is 20.7 Å². The molecule has 0 bridgehead atoms. The summed E-state index contributed by atoms with van der Waals surface area (Å²) in [5.74, 6) is -0.324. The number of rotatable bonds is 6. The predicted octanol–water partition coefficient (Wildman–Crippen LogP) is 2.51. The van der Waals surface area contributed by atoms with Gasteiger partial charge in [-0.15, -0.1) is 0 Å². The van der Waals surface area contributed by atoms with Crippen LogP contribution < -0.4 is 5.32 Å². The zero-order valence-corrected chi connectivity index (χ0v) is 19.9. The summed E-state index contributed by atoms with van der Waals surface area (Å²) in [4.78, 5) is 33.4. The van der Waals surface area contributed by atoms with Crippen LogP contribution in [0, 0.1) is 9.75 Å². The number of carbonyl (C=O) groups is 2. The Morgan fingerprint density at radius 1 is 1.37 bits per heavy atom. The largest absolute Gasteiger partial charge is 0.464 e. The van der Waals surface area contributed by atoms with E-state index < -0.39 is 17.7 Å². The van der Waals surface area contributed by atoms with Gasteiger partial charge in [0.25, 0.3) is 0 Å². The van der Waals surface area contributed by atoms with E-state index in [1.165, 1.54) is 0 Å². The molecular weight excluding hydrogens is 501 g/mol. The second kappa shape index (κ2) is 9.44. The summed E-state index contributed by atoms with van der Waals surface area (Å²) >= 11 is 2.09. The van der Waals surface area contributed by atoms with E-state index in [1.807, 2.05) is 27.0 Å². The molecule has 3 rings (SSSR count). The molecule has 1 aromatic rings. The highest BCUT2D eigenvalue weighted by atomic mass is 127. The summed E-state index contributed by atoms with van der Waals surface area (Å²) in [6.45, 7) is 8.52. The fraction of sp³-hybridized carbons (Fsp3) is 0.650. The van der Waals surface area contributed by atoms with E-state index in [9.17, 15) is 9.59 Å². The first-order valence-electron chi connectivity index (χ1n) is 10.2. The molecular formula is C20H28IN5O4. The van der Waals surface area contributed by atoms with Crippen LogP contribution in [-0.4, -0.2) is 64.1 Å². The van der Waals surface area contributed by atoms with Gasteiger partial charge in [0.2, 0.25) is 0 Å². The zero-order chi connectivity index (χ0) is 21.9. The Hall–Kier alpha value is -1.98. The highest BCUT2D eigenvalue weighted by Gasteiger charge is 2.46. The number of hydrogen-bond acceptors (Lipinski definition) is 8. The Balaban J connectivity index is 1.70. The van der Waals surface area contributed by atoms with Crippen LogP contribution in [0.4, 0.5) is 4.79 Å². The first-order chi connectivity index (χ1) is 14.2. The molecule has 9 nitrogen and oxygen atoms in total. The van der Waals surface area contributed by atoms with E-state index in [0.717, 1.165) is 29.8 Å². The summed E-state index contributed by atoms with van der Waals surface area (Å²) in [6, 6.07) is -0.470. The number of halogens is 1. The Morgan fingerprint density at radius 2 is 2.13 bits per heavy atom. The normalized spacial score (nSPS) is 20.2. The van der Waals surface area contributed by atoms with Gasteiger partial charge in [-0.2, -0.15) is 5.10 Å². The molecule has 2 aliphatic rings. The van der Waals surface area contributed by atoms with Gasteiger partial charge in [-0.05, 0) is 52.5 Å². The Morgan fingerprint density at radius 3 is 2.83 bits per heavy atom. The SMILES string of the molecule is CCOC(=O)C1C2CCc3cnc(I)nc3C2=NN1CCCNC(=O)OC(C)(C)C. The number of hydrazone groups is 1. The lowest BCUT2D eigenvalue weighted by Gasteiger charge is -2.28. The number of ether oxygens (including phenoxy) is 2. The number of aromatic nitrogens is 2. The second-order valence-electron chi connectivity index (χ2n) is 8.29. The third kappa shape index (κ3) is 5.38. The molecule has 164 valence electrons. The minimum atomic E-state index is -0.539. The maximum atomic E-state index is 12.7. The molecule has 2 atom stereocenters. The predicted molar refractivity (Wildman–Crippen MR) is 119 cm³/mol. The number of alkyl carbamates (subject to hydrolysis) is 1. The van der Waals surface area contributed by atoms with Crippen LogP contribution in [0.3, 0.4) is 0 Å². The lowest BCUT2D eigenvalue weighted by atomic mass is 9.82. The van der Waals surface area contributed by atoms with Gasteiger partial charge in [-0.1, -0.05) is 0 Å². The standard InChI is InChI=1S/C20H28IN5O4/c1-5-29-17(27)16-13-8-7-12-11-23-18(21)24-14(12)15(13)25-26(16)10-6-9-22-19(28)30-20(2,3)4/h11,13,16H,5-10H2,1-4H3,(H,22,28). The lowest BCUT2D eigenvalue weighted by molar-refractivity contribution is -0.150. The van der Waals surface area contributed by atoms with Gasteiger partial charge in [0, 0.05) is 47.8 Å². The van der Waals surface area contributed by atoms with Crippen molar-refractivity contribution in [2.24, 2.45) is 11.0 Å². The molecule has 1 amide bonds. The second-order valence-corrected chi connectivity index (χ2v) is 9.25. The van der Waals surface area contributed by atoms with Crippen LogP contribution in [0.1, 0.15) is 51.8 Å². The average Bonchev–Trinajstić information content (AvgIpc) is 3.03. The van der Waals surface area contributed by atoms with Gasteiger partial charge in [0.1, 0.15) is 5.60 Å². The van der Waals surface area contributed by atoms with E-state index in [1.54, 1.807) is 11.9 Å². The number of amides is 1. The first-order valence-corrected chi connectivity index (χ1v) is 11.3. The zero-order valence-electron chi connectivity index (χ0n) is 17.8. The molecule has 1 aromatic heterocycles. The average molecular weight is 529 g/mol. The molecule has 0 aromatic carbocycles. The minimum absolute atomic E-state index is 0.0546. The van der Waals surface area contributed by atoms with E-state index in [4.69, 9.17) is 14.6 Å². The highest BCUT2D eigenvalue weighted by Crippen LogP contribution is 2.35. The van der Waals surface area contributed by atoms with Crippen molar-refractivity contribution in [3.05, 3.63) is 21.3 Å². The number of nitrogens with zero attached hydrogens (tertiary/aromatic N) is 4. The van der Waals surface area contributed by atoms with E-state index in [-0.39, 0.29) is 11.9 Å². The summed E-state index contributed by atoms with van der Waals surface area (Å²) in [5.41, 5.74) is 2.17. The molecule has 2 heterocycles. The lowest BCUT2D eigenvalue weighted by Crippen LogP contribution is -2.44. The van der Waals surface area contributed by atoms with Gasteiger partial charge < -0.3 is 14.8 Å². The van der Waals surface area contributed by atoms with Crippen LogP contribution in [0.15, 0.2) is 11.3 Å². The molecule has 10 heteroatoms. The monoisotopic (exact) mass is 529 g/mol. The maximum Gasteiger partial charge on any atom is 0.407 e. The fourth-order valence-electron chi connectivity index (χ4n) is 3.70. The maximum absolute atomic E-state index is 12.7. The van der Waals surface area contributed by atoms with Crippen molar-refractivity contribution in [3.63, 3.8) is 0 Å². The van der Waals surface area contributed by atoms with Crippen molar-refractivity contribution in [2.45, 2.75) is 58.6 Å².